The van der Waals surface area contributed by atoms with E-state index in [1.165, 1.54) is 11.0 Å². The Morgan fingerprint density at radius 1 is 1.39 bits per heavy atom. The Morgan fingerprint density at radius 3 is 2.70 bits per heavy atom. The third-order valence-corrected chi connectivity index (χ3v) is 4.48. The number of carbonyl (C=O) groups excluding carboxylic acids is 1. The second-order valence-electron chi connectivity index (χ2n) is 5.59. The van der Waals surface area contributed by atoms with Crippen molar-refractivity contribution in [1.82, 2.24) is 4.90 Å². The van der Waals surface area contributed by atoms with E-state index in [-0.39, 0.29) is 5.03 Å². The van der Waals surface area contributed by atoms with E-state index in [2.05, 4.69) is 4.99 Å². The molecule has 0 bridgehead atoms. The first-order chi connectivity index (χ1) is 10.7. The van der Waals surface area contributed by atoms with Crippen LogP contribution in [0.3, 0.4) is 0 Å². The Bertz CT molecular complexity index is 741. The second-order valence-corrected chi connectivity index (χ2v) is 6.00. The lowest BCUT2D eigenvalue weighted by Crippen LogP contribution is -2.39. The molecule has 122 valence electrons. The Hall–Kier alpha value is -1.82. The number of dihydropyridines is 1. The summed E-state index contributed by atoms with van der Waals surface area (Å²) in [6, 6.07) is -0.532. The van der Waals surface area contributed by atoms with Crippen molar-refractivity contribution in [2.45, 2.75) is 32.5 Å². The highest BCUT2D eigenvalue weighted by atomic mass is 35.5. The third kappa shape index (κ3) is 2.65. The van der Waals surface area contributed by atoms with Crippen LogP contribution in [0.25, 0.3) is 0 Å². The summed E-state index contributed by atoms with van der Waals surface area (Å²) in [7, 11) is 0. The highest BCUT2D eigenvalue weighted by Gasteiger charge is 2.42. The zero-order chi connectivity index (χ0) is 16.9. The number of aliphatic imine (C=N–C) groups is 1. The number of halogens is 4. The molecule has 1 atom stereocenters. The van der Waals surface area contributed by atoms with Crippen LogP contribution in [0.4, 0.5) is 13.2 Å². The van der Waals surface area contributed by atoms with E-state index in [0.717, 1.165) is 5.57 Å². The van der Waals surface area contributed by atoms with Crippen molar-refractivity contribution in [1.29, 1.82) is 0 Å². The molecular formula is C16H14ClF3N2O. The van der Waals surface area contributed by atoms with Crippen molar-refractivity contribution >= 4 is 23.2 Å². The molecule has 0 saturated carbocycles. The molecule has 2 heterocycles. The van der Waals surface area contributed by atoms with E-state index in [1.807, 2.05) is 6.92 Å². The first-order valence-corrected chi connectivity index (χ1v) is 7.57. The lowest BCUT2D eigenvalue weighted by atomic mass is 9.87. The monoisotopic (exact) mass is 342 g/mol. The maximum Gasteiger partial charge on any atom is 0.405 e. The minimum absolute atomic E-state index is 0.230. The van der Waals surface area contributed by atoms with E-state index >= 15 is 0 Å². The highest BCUT2D eigenvalue weighted by Crippen LogP contribution is 2.44. The van der Waals surface area contributed by atoms with Crippen LogP contribution in [-0.4, -0.2) is 35.3 Å². The zero-order valence-electron chi connectivity index (χ0n) is 12.5. The van der Waals surface area contributed by atoms with Crippen LogP contribution in [-0.2, 0) is 4.79 Å². The number of hydrogen-bond donors (Lipinski definition) is 0. The molecule has 23 heavy (non-hydrogen) atoms. The zero-order valence-corrected chi connectivity index (χ0v) is 13.3. The van der Waals surface area contributed by atoms with E-state index < -0.39 is 24.7 Å². The average molecular weight is 343 g/mol. The van der Waals surface area contributed by atoms with Crippen molar-refractivity contribution < 1.29 is 18.0 Å². The van der Waals surface area contributed by atoms with Crippen molar-refractivity contribution in [2.24, 2.45) is 4.99 Å². The maximum atomic E-state index is 13.0. The molecule has 1 unspecified atom stereocenters. The lowest BCUT2D eigenvalue weighted by molar-refractivity contribution is -0.142. The largest absolute Gasteiger partial charge is 0.405 e. The summed E-state index contributed by atoms with van der Waals surface area (Å²) < 4.78 is 38.9. The molecule has 1 amide bonds. The van der Waals surface area contributed by atoms with Gasteiger partial charge in [-0.1, -0.05) is 24.6 Å². The summed E-state index contributed by atoms with van der Waals surface area (Å²) in [4.78, 5) is 16.8. The van der Waals surface area contributed by atoms with Crippen LogP contribution >= 0.6 is 11.6 Å². The van der Waals surface area contributed by atoms with Gasteiger partial charge >= 0.3 is 6.18 Å². The normalized spacial score (nSPS) is 24.0. The van der Waals surface area contributed by atoms with Gasteiger partial charge in [-0.3, -0.25) is 4.79 Å². The fourth-order valence-corrected chi connectivity index (χ4v) is 3.68. The third-order valence-electron chi connectivity index (χ3n) is 4.18. The number of rotatable bonds is 2. The summed E-state index contributed by atoms with van der Waals surface area (Å²) >= 11 is 6.19. The summed E-state index contributed by atoms with van der Waals surface area (Å²) in [5.41, 5.74) is 3.10. The van der Waals surface area contributed by atoms with Crippen LogP contribution in [0, 0.1) is 0 Å². The van der Waals surface area contributed by atoms with Gasteiger partial charge in [0.25, 0.3) is 5.91 Å². The summed E-state index contributed by atoms with van der Waals surface area (Å²) in [6.07, 6.45) is 0.611. The van der Waals surface area contributed by atoms with Gasteiger partial charge in [-0.2, -0.15) is 13.2 Å². The van der Waals surface area contributed by atoms with Gasteiger partial charge in [-0.05, 0) is 30.6 Å². The first-order valence-electron chi connectivity index (χ1n) is 7.19. The Morgan fingerprint density at radius 2 is 2.09 bits per heavy atom. The predicted octanol–water partition coefficient (Wildman–Crippen LogP) is 3.89. The lowest BCUT2D eigenvalue weighted by Gasteiger charge is -2.31. The quantitative estimate of drug-likeness (QED) is 0.762. The molecule has 0 aromatic heterocycles. The molecule has 0 N–H and O–H groups in total. The molecule has 3 nitrogen and oxygen atoms in total. The van der Waals surface area contributed by atoms with Gasteiger partial charge in [0.05, 0.1) is 16.8 Å². The predicted molar refractivity (Wildman–Crippen MR) is 82.1 cm³/mol. The summed E-state index contributed by atoms with van der Waals surface area (Å²) in [6.45, 7) is 2.60. The van der Waals surface area contributed by atoms with Gasteiger partial charge in [-0.15, -0.1) is 0 Å². The topological polar surface area (TPSA) is 32.7 Å². The molecule has 0 fully saturated rings. The number of amides is 1. The smallest absolute Gasteiger partial charge is 0.355 e. The van der Waals surface area contributed by atoms with E-state index in [1.54, 1.807) is 19.1 Å². The van der Waals surface area contributed by atoms with Gasteiger partial charge in [0, 0.05) is 17.3 Å². The van der Waals surface area contributed by atoms with Gasteiger partial charge in [0.1, 0.15) is 6.54 Å². The molecule has 0 aromatic carbocycles. The molecule has 2 aliphatic heterocycles. The summed E-state index contributed by atoms with van der Waals surface area (Å²) in [5.74, 6) is -0.458. The van der Waals surface area contributed by atoms with Crippen molar-refractivity contribution in [3.05, 3.63) is 45.7 Å². The fraction of sp³-hybridized carbons (Fsp3) is 0.375. The van der Waals surface area contributed by atoms with Crippen LogP contribution in [0.15, 0.2) is 50.7 Å². The van der Waals surface area contributed by atoms with Crippen molar-refractivity contribution in [2.75, 3.05) is 6.54 Å². The van der Waals surface area contributed by atoms with E-state index in [9.17, 15) is 18.0 Å². The highest BCUT2D eigenvalue weighted by molar-refractivity contribution is 6.40. The van der Waals surface area contributed by atoms with E-state index in [0.29, 0.717) is 29.0 Å². The van der Waals surface area contributed by atoms with Crippen LogP contribution in [0.1, 0.15) is 20.3 Å². The van der Waals surface area contributed by atoms with Crippen LogP contribution < -0.4 is 0 Å². The number of fused-ring (bicyclic) bond motifs is 2. The molecule has 7 heteroatoms. The van der Waals surface area contributed by atoms with Crippen LogP contribution in [0.5, 0.6) is 0 Å². The van der Waals surface area contributed by atoms with E-state index in [4.69, 9.17) is 11.6 Å². The molecule has 0 saturated heterocycles. The average Bonchev–Trinajstić information content (AvgIpc) is 2.68. The number of alkyl halides is 3. The number of hydrogen-bond acceptors (Lipinski definition) is 2. The molecule has 3 aliphatic rings. The minimum atomic E-state index is -4.30. The number of nitrogens with zero attached hydrogens (tertiary/aromatic N) is 2. The second kappa shape index (κ2) is 5.37. The fourth-order valence-electron chi connectivity index (χ4n) is 3.39. The molecule has 0 spiro atoms. The maximum absolute atomic E-state index is 13.0. The van der Waals surface area contributed by atoms with Gasteiger partial charge in [0.15, 0.2) is 0 Å². The molecule has 0 aromatic rings. The van der Waals surface area contributed by atoms with Gasteiger partial charge in [-0.25, -0.2) is 4.99 Å². The van der Waals surface area contributed by atoms with Crippen molar-refractivity contribution in [3.8, 4) is 0 Å². The Labute approximate surface area is 136 Å². The van der Waals surface area contributed by atoms with Crippen molar-refractivity contribution in [3.63, 3.8) is 0 Å². The molecule has 3 rings (SSSR count). The summed E-state index contributed by atoms with van der Waals surface area (Å²) in [5, 5.41) is 0.230. The SMILES string of the molecule is CCC1=C(C)C2=C3C(Cl)=CC(=O)N=C3C=CC2N1CC(F)(F)F. The molecular weight excluding hydrogens is 329 g/mol. The molecule has 1 aliphatic carbocycles. The molecule has 0 radical (unpaired) electrons. The number of carbonyl (C=O) groups is 1. The number of allylic oxidation sites excluding steroid dienone is 4. The standard InChI is InChI=1S/C16H14ClF3N2O/c1-3-11-8(2)14-12(22(11)7-16(18,19)20)5-4-10-15(14)9(17)6-13(23)21-10/h4-6,12H,3,7H2,1-2H3. The van der Waals surface area contributed by atoms with Crippen LogP contribution in [0.2, 0.25) is 0 Å². The Kier molecular flexibility index (Phi) is 3.75. The van der Waals surface area contributed by atoms with Gasteiger partial charge < -0.3 is 4.90 Å². The Balaban J connectivity index is 2.15. The van der Waals surface area contributed by atoms with Gasteiger partial charge in [0.2, 0.25) is 0 Å². The minimum Gasteiger partial charge on any atom is -0.355 e. The first kappa shape index (κ1) is 16.1.